The van der Waals surface area contributed by atoms with Crippen LogP contribution in [-0.4, -0.2) is 28.3 Å². The number of hydrogen-bond donors (Lipinski definition) is 4. The molecule has 4 rings (SSSR count). The van der Waals surface area contributed by atoms with Gasteiger partial charge in [-0.2, -0.15) is 0 Å². The van der Waals surface area contributed by atoms with E-state index in [1.807, 2.05) is 42.5 Å². The predicted octanol–water partition coefficient (Wildman–Crippen LogP) is 5.21. The fourth-order valence-electron chi connectivity index (χ4n) is 3.97. The third kappa shape index (κ3) is 7.38. The number of amides is 1. The molecule has 0 atom stereocenters. The number of rotatable bonds is 11. The van der Waals surface area contributed by atoms with Crippen LogP contribution in [0.15, 0.2) is 107 Å². The van der Waals surface area contributed by atoms with Crippen molar-refractivity contribution in [2.45, 2.75) is 19.4 Å². The van der Waals surface area contributed by atoms with Crippen molar-refractivity contribution >= 4 is 29.1 Å². The van der Waals surface area contributed by atoms with E-state index in [1.54, 1.807) is 30.5 Å². The molecule has 0 saturated heterocycles. The molecule has 38 heavy (non-hydrogen) atoms. The molecule has 7 nitrogen and oxygen atoms in total. The van der Waals surface area contributed by atoms with Gasteiger partial charge in [0.2, 0.25) is 5.91 Å². The number of nitrogens with one attached hydrogen (secondary N) is 3. The van der Waals surface area contributed by atoms with E-state index < -0.39 is 0 Å². The first-order valence-corrected chi connectivity index (χ1v) is 12.4. The van der Waals surface area contributed by atoms with Crippen molar-refractivity contribution in [3.63, 3.8) is 0 Å². The predicted molar refractivity (Wildman–Crippen MR) is 153 cm³/mol. The van der Waals surface area contributed by atoms with Crippen LogP contribution in [-0.2, 0) is 17.8 Å². The summed E-state index contributed by atoms with van der Waals surface area (Å²) in [4.78, 5) is 31.9. The Morgan fingerprint density at radius 1 is 0.974 bits per heavy atom. The Labute approximate surface area is 221 Å². The van der Waals surface area contributed by atoms with Crippen LogP contribution in [0, 0.1) is 0 Å². The molecule has 1 heterocycles. The van der Waals surface area contributed by atoms with E-state index in [2.05, 4.69) is 34.3 Å². The number of aromatic hydroxyl groups is 1. The zero-order chi connectivity index (χ0) is 26.7. The summed E-state index contributed by atoms with van der Waals surface area (Å²) in [6.07, 6.45) is 4.03. The zero-order valence-corrected chi connectivity index (χ0v) is 21.0. The standard InChI is InChI=1S/C31H30N4O3/c1-2-27-28(15-18-33-31(27)38)35-29(19-22-7-4-3-5-8-22)24-13-11-23(12-14-24)21-32-17-16-30(37)34-25-9-6-10-26(36)20-25/h2-15,18,20,32,36H,1,16-17,19,21H2,(H,33,38)(H,34,37). The Bertz CT molecular complexity index is 1480. The number of phenolic OH excluding ortho intramolecular Hbond substituents is 1. The summed E-state index contributed by atoms with van der Waals surface area (Å²) in [5.41, 5.74) is 5.34. The molecule has 0 aliphatic heterocycles. The Kier molecular flexibility index (Phi) is 8.99. The van der Waals surface area contributed by atoms with Crippen molar-refractivity contribution in [1.82, 2.24) is 10.3 Å². The Hall–Kier alpha value is -4.75. The van der Waals surface area contributed by atoms with Gasteiger partial charge < -0.3 is 20.7 Å². The van der Waals surface area contributed by atoms with Gasteiger partial charge in [0, 0.05) is 43.9 Å². The summed E-state index contributed by atoms with van der Waals surface area (Å²) in [5, 5.41) is 15.6. The summed E-state index contributed by atoms with van der Waals surface area (Å²) in [7, 11) is 0. The van der Waals surface area contributed by atoms with Gasteiger partial charge in [0.25, 0.3) is 5.56 Å². The lowest BCUT2D eigenvalue weighted by atomic mass is 10.0. The minimum absolute atomic E-state index is 0.111. The monoisotopic (exact) mass is 506 g/mol. The molecular formula is C31H30N4O3. The lowest BCUT2D eigenvalue weighted by molar-refractivity contribution is -0.116. The van der Waals surface area contributed by atoms with Crippen LogP contribution in [0.5, 0.6) is 5.75 Å². The van der Waals surface area contributed by atoms with Crippen molar-refractivity contribution in [3.05, 3.63) is 130 Å². The molecule has 7 heteroatoms. The zero-order valence-electron chi connectivity index (χ0n) is 21.0. The molecule has 4 aromatic rings. The average molecular weight is 507 g/mol. The molecule has 4 N–H and O–H groups in total. The van der Waals surface area contributed by atoms with Crippen LogP contribution in [0.4, 0.5) is 11.4 Å². The SMILES string of the molecule is C=Cc1c(N=C(Cc2ccccc2)c2ccc(CNCCC(=O)Nc3cccc(O)c3)cc2)cc[nH]c1=O. The van der Waals surface area contributed by atoms with Crippen LogP contribution in [0.3, 0.4) is 0 Å². The number of phenols is 1. The molecule has 0 unspecified atom stereocenters. The molecule has 0 saturated carbocycles. The van der Waals surface area contributed by atoms with Gasteiger partial charge in [-0.3, -0.25) is 14.6 Å². The van der Waals surface area contributed by atoms with Gasteiger partial charge in [-0.25, -0.2) is 0 Å². The highest BCUT2D eigenvalue weighted by atomic mass is 16.3. The van der Waals surface area contributed by atoms with Crippen LogP contribution in [0.25, 0.3) is 6.08 Å². The molecule has 3 aromatic carbocycles. The molecule has 0 radical (unpaired) electrons. The topological polar surface area (TPSA) is 107 Å². The van der Waals surface area contributed by atoms with Gasteiger partial charge in [0.1, 0.15) is 5.75 Å². The maximum absolute atomic E-state index is 12.2. The number of aliphatic imine (C=N–C) groups is 1. The molecule has 192 valence electrons. The summed E-state index contributed by atoms with van der Waals surface area (Å²) in [6.45, 7) is 4.89. The van der Waals surface area contributed by atoms with Crippen LogP contribution < -0.4 is 16.2 Å². The minimum Gasteiger partial charge on any atom is -0.508 e. The number of anilines is 1. The van der Waals surface area contributed by atoms with E-state index in [-0.39, 0.29) is 17.2 Å². The van der Waals surface area contributed by atoms with E-state index >= 15 is 0 Å². The second-order valence-electron chi connectivity index (χ2n) is 8.75. The van der Waals surface area contributed by atoms with E-state index in [9.17, 15) is 14.7 Å². The fraction of sp³-hybridized carbons (Fsp3) is 0.129. The van der Waals surface area contributed by atoms with E-state index in [0.29, 0.717) is 42.9 Å². The largest absolute Gasteiger partial charge is 0.508 e. The molecule has 0 fully saturated rings. The maximum atomic E-state index is 12.2. The van der Waals surface area contributed by atoms with Crippen LogP contribution in [0.1, 0.15) is 28.7 Å². The minimum atomic E-state index is -0.225. The van der Waals surface area contributed by atoms with Gasteiger partial charge in [-0.15, -0.1) is 0 Å². The highest BCUT2D eigenvalue weighted by molar-refractivity contribution is 6.03. The van der Waals surface area contributed by atoms with Crippen molar-refractivity contribution in [2.75, 3.05) is 11.9 Å². The van der Waals surface area contributed by atoms with Gasteiger partial charge in [-0.05, 0) is 34.9 Å². The van der Waals surface area contributed by atoms with Crippen molar-refractivity contribution in [2.24, 2.45) is 4.99 Å². The first kappa shape index (κ1) is 26.3. The van der Waals surface area contributed by atoms with Gasteiger partial charge in [0.15, 0.2) is 0 Å². The molecular weight excluding hydrogens is 476 g/mol. The van der Waals surface area contributed by atoms with Crippen molar-refractivity contribution in [1.29, 1.82) is 0 Å². The number of H-pyrrole nitrogens is 1. The molecule has 0 spiro atoms. The smallest absolute Gasteiger partial charge is 0.257 e. The number of carbonyl (C=O) groups is 1. The fourth-order valence-corrected chi connectivity index (χ4v) is 3.97. The normalized spacial score (nSPS) is 11.2. The highest BCUT2D eigenvalue weighted by Crippen LogP contribution is 2.20. The number of nitrogens with zero attached hydrogens (tertiary/aromatic N) is 1. The van der Waals surface area contributed by atoms with Crippen LogP contribution in [0.2, 0.25) is 0 Å². The number of aromatic nitrogens is 1. The Morgan fingerprint density at radius 2 is 1.76 bits per heavy atom. The van der Waals surface area contributed by atoms with Crippen molar-refractivity contribution < 1.29 is 9.90 Å². The quantitative estimate of drug-likeness (QED) is 0.166. The Balaban J connectivity index is 1.41. The molecule has 0 aliphatic rings. The third-order valence-electron chi connectivity index (χ3n) is 5.93. The molecule has 0 aliphatic carbocycles. The van der Waals surface area contributed by atoms with E-state index in [4.69, 9.17) is 4.99 Å². The number of carbonyl (C=O) groups excluding carboxylic acids is 1. The lowest BCUT2D eigenvalue weighted by Crippen LogP contribution is -2.21. The number of pyridine rings is 1. The van der Waals surface area contributed by atoms with E-state index in [1.165, 1.54) is 12.1 Å². The first-order chi connectivity index (χ1) is 18.5. The number of hydrogen-bond acceptors (Lipinski definition) is 5. The van der Waals surface area contributed by atoms with Crippen molar-refractivity contribution in [3.8, 4) is 5.75 Å². The van der Waals surface area contributed by atoms with Gasteiger partial charge in [-0.1, -0.05) is 73.3 Å². The second-order valence-corrected chi connectivity index (χ2v) is 8.75. The molecule has 1 aromatic heterocycles. The maximum Gasteiger partial charge on any atom is 0.257 e. The van der Waals surface area contributed by atoms with E-state index in [0.717, 1.165) is 22.4 Å². The highest BCUT2D eigenvalue weighted by Gasteiger charge is 2.10. The molecule has 1 amide bonds. The average Bonchev–Trinajstić information content (AvgIpc) is 2.92. The summed E-state index contributed by atoms with van der Waals surface area (Å²) in [6, 6.07) is 26.4. The van der Waals surface area contributed by atoms with Crippen LogP contribution >= 0.6 is 0 Å². The lowest BCUT2D eigenvalue weighted by Gasteiger charge is -2.11. The summed E-state index contributed by atoms with van der Waals surface area (Å²) < 4.78 is 0. The summed E-state index contributed by atoms with van der Waals surface area (Å²) >= 11 is 0. The van der Waals surface area contributed by atoms with Gasteiger partial charge in [0.05, 0.1) is 17.0 Å². The summed E-state index contributed by atoms with van der Waals surface area (Å²) in [5.74, 6) is -0.0150. The third-order valence-corrected chi connectivity index (χ3v) is 5.93. The number of benzene rings is 3. The second kappa shape index (κ2) is 13.0. The number of aromatic amines is 1. The Morgan fingerprint density at radius 3 is 2.50 bits per heavy atom. The first-order valence-electron chi connectivity index (χ1n) is 12.4. The molecule has 0 bridgehead atoms. The van der Waals surface area contributed by atoms with Gasteiger partial charge >= 0.3 is 0 Å².